The van der Waals surface area contributed by atoms with Crippen LogP contribution in [0.5, 0.6) is 0 Å². The lowest BCUT2D eigenvalue weighted by Gasteiger charge is -2.28. The molecular weight excluding hydrogens is 717 g/mol. The zero-order chi connectivity index (χ0) is 39.1. The fourth-order valence-corrected chi connectivity index (χ4v) is 7.52. The van der Waals surface area contributed by atoms with Crippen LogP contribution in [0.25, 0.3) is 22.5 Å². The van der Waals surface area contributed by atoms with Gasteiger partial charge in [-0.3, -0.25) is 4.79 Å². The van der Waals surface area contributed by atoms with Crippen molar-refractivity contribution >= 4 is 23.7 Å². The summed E-state index contributed by atoms with van der Waals surface area (Å²) >= 11 is 0. The maximum atomic E-state index is 13.8. The number of amides is 4. The van der Waals surface area contributed by atoms with Crippen molar-refractivity contribution in [1.29, 1.82) is 0 Å². The molecule has 0 radical (unpaired) electrons. The van der Waals surface area contributed by atoms with Crippen molar-refractivity contribution in [2.24, 2.45) is 0 Å². The number of aromatic nitrogens is 4. The zero-order valence-electron chi connectivity index (χ0n) is 31.4. The van der Waals surface area contributed by atoms with Crippen molar-refractivity contribution in [3.05, 3.63) is 150 Å². The van der Waals surface area contributed by atoms with Crippen LogP contribution in [-0.4, -0.2) is 68.0 Å². The Hall–Kier alpha value is -7.13. The van der Waals surface area contributed by atoms with Crippen LogP contribution in [0.3, 0.4) is 0 Å². The van der Waals surface area contributed by atoms with Gasteiger partial charge in [-0.1, -0.05) is 84.6 Å². The number of anilines is 1. The van der Waals surface area contributed by atoms with Gasteiger partial charge in [-0.05, 0) is 78.8 Å². The molecule has 12 heteroatoms. The van der Waals surface area contributed by atoms with Crippen molar-refractivity contribution in [2.75, 3.05) is 25.5 Å². The number of alkyl carbamates (subject to hydrolysis) is 1. The minimum atomic E-state index is -0.874. The smallest absolute Gasteiger partial charge is 0.407 e. The standard InChI is InChI=1S/C45H42N8O4/c1-57-45(56)51-40(34-10-4-2-5-11-34)43(54)52-26-8-14-38(52)41-46-28-36(49-41)32-22-18-30(19-23-32)16-17-31-20-24-33(25-21-31)37-29-47-42(50-37)39-15-9-27-53(39)44(55)48-35-12-6-3-7-13-35/h2-7,10-13,18-25,28-29,38-40H,8-9,14-15,26-27H2,1H3,(H,46,49)(H,47,50)(H,48,55)(H,51,56)/t38-,39-,40+/m0/s1. The SMILES string of the molecule is COC(=O)N[C@@H](C(=O)N1CCC[C@H]1c1ncc(-c2ccc(C#Cc3ccc(-c4cnc([C@@H]5CCCN5C(=O)Nc5ccccc5)[nH]4)cc3)cc2)[nH]1)c1ccccc1. The molecule has 2 fully saturated rings. The van der Waals surface area contributed by atoms with Crippen LogP contribution in [0.15, 0.2) is 122 Å². The molecule has 0 unspecified atom stereocenters. The first-order chi connectivity index (χ1) is 27.9. The van der Waals surface area contributed by atoms with Crippen molar-refractivity contribution in [3.63, 3.8) is 0 Å². The third-order valence-corrected chi connectivity index (χ3v) is 10.5. The number of hydrogen-bond acceptors (Lipinski definition) is 6. The van der Waals surface area contributed by atoms with Crippen LogP contribution >= 0.6 is 0 Å². The van der Waals surface area contributed by atoms with Gasteiger partial charge in [0.05, 0.1) is 43.0 Å². The summed E-state index contributed by atoms with van der Waals surface area (Å²) in [5.74, 6) is 7.79. The summed E-state index contributed by atoms with van der Waals surface area (Å²) in [5, 5.41) is 5.70. The first-order valence-corrected chi connectivity index (χ1v) is 19.1. The molecule has 2 aromatic heterocycles. The van der Waals surface area contributed by atoms with Crippen molar-refractivity contribution in [1.82, 2.24) is 35.1 Å². The number of likely N-dealkylation sites (tertiary alicyclic amines) is 2. The average Bonchev–Trinajstić information content (AvgIpc) is 4.10. The minimum absolute atomic E-state index is 0.112. The molecule has 2 saturated heterocycles. The number of benzene rings is 4. The van der Waals surface area contributed by atoms with Crippen molar-refractivity contribution in [3.8, 4) is 34.4 Å². The molecule has 0 aliphatic carbocycles. The highest BCUT2D eigenvalue weighted by Gasteiger charge is 2.37. The number of methoxy groups -OCH3 is 1. The topological polar surface area (TPSA) is 148 Å². The summed E-state index contributed by atoms with van der Waals surface area (Å²) < 4.78 is 4.82. The number of para-hydroxylation sites is 1. The lowest BCUT2D eigenvalue weighted by molar-refractivity contribution is -0.134. The van der Waals surface area contributed by atoms with Crippen LogP contribution in [-0.2, 0) is 9.53 Å². The Kier molecular flexibility index (Phi) is 10.8. The molecule has 286 valence electrons. The molecule has 4 heterocycles. The first kappa shape index (κ1) is 36.8. The number of imidazole rings is 2. The summed E-state index contributed by atoms with van der Waals surface area (Å²) in [4.78, 5) is 58.9. The second-order valence-corrected chi connectivity index (χ2v) is 14.1. The maximum absolute atomic E-state index is 13.8. The molecule has 0 bridgehead atoms. The van der Waals surface area contributed by atoms with Gasteiger partial charge in [-0.15, -0.1) is 0 Å². The predicted molar refractivity (Wildman–Crippen MR) is 217 cm³/mol. The highest BCUT2D eigenvalue weighted by Crippen LogP contribution is 2.35. The fourth-order valence-electron chi connectivity index (χ4n) is 7.52. The molecule has 2 aliphatic heterocycles. The van der Waals surface area contributed by atoms with Gasteiger partial charge < -0.3 is 35.1 Å². The lowest BCUT2D eigenvalue weighted by atomic mass is 10.1. The molecule has 12 nitrogen and oxygen atoms in total. The molecule has 0 spiro atoms. The molecule has 4 N–H and O–H groups in total. The molecule has 4 amide bonds. The Morgan fingerprint density at radius 2 is 1.21 bits per heavy atom. The summed E-state index contributed by atoms with van der Waals surface area (Å²) in [7, 11) is 1.28. The second-order valence-electron chi connectivity index (χ2n) is 14.1. The van der Waals surface area contributed by atoms with E-state index in [4.69, 9.17) is 4.74 Å². The number of nitrogens with zero attached hydrogens (tertiary/aromatic N) is 4. The van der Waals surface area contributed by atoms with E-state index in [2.05, 4.69) is 42.4 Å². The van der Waals surface area contributed by atoms with E-state index in [0.29, 0.717) is 24.5 Å². The van der Waals surface area contributed by atoms with Gasteiger partial charge in [0.1, 0.15) is 17.7 Å². The quantitative estimate of drug-likeness (QED) is 0.116. The largest absolute Gasteiger partial charge is 0.453 e. The van der Waals surface area contributed by atoms with E-state index < -0.39 is 12.1 Å². The van der Waals surface area contributed by atoms with Gasteiger partial charge in [0, 0.05) is 29.9 Å². The minimum Gasteiger partial charge on any atom is -0.453 e. The number of urea groups is 1. The Morgan fingerprint density at radius 3 is 1.75 bits per heavy atom. The van der Waals surface area contributed by atoms with Gasteiger partial charge >= 0.3 is 12.1 Å². The number of ether oxygens (including phenoxy) is 1. The molecule has 3 atom stereocenters. The molecule has 57 heavy (non-hydrogen) atoms. The number of carbonyl (C=O) groups is 3. The number of carbonyl (C=O) groups excluding carboxylic acids is 3. The Morgan fingerprint density at radius 1 is 0.702 bits per heavy atom. The van der Waals surface area contributed by atoms with Crippen LogP contribution in [0.2, 0.25) is 0 Å². The van der Waals surface area contributed by atoms with Gasteiger partial charge in [-0.25, -0.2) is 19.6 Å². The number of hydrogen-bond donors (Lipinski definition) is 4. The third kappa shape index (κ3) is 8.28. The van der Waals surface area contributed by atoms with Crippen LogP contribution in [0.1, 0.15) is 72.1 Å². The van der Waals surface area contributed by atoms with Gasteiger partial charge in [-0.2, -0.15) is 0 Å². The zero-order valence-corrected chi connectivity index (χ0v) is 31.4. The summed E-state index contributed by atoms with van der Waals surface area (Å²) in [6.45, 7) is 1.24. The summed E-state index contributed by atoms with van der Waals surface area (Å²) in [6.07, 6.45) is 6.29. The predicted octanol–water partition coefficient (Wildman–Crippen LogP) is 8.00. The molecule has 8 rings (SSSR count). The highest BCUT2D eigenvalue weighted by atomic mass is 16.5. The Bertz CT molecular complexity index is 2400. The van der Waals surface area contributed by atoms with E-state index in [1.807, 2.05) is 120 Å². The first-order valence-electron chi connectivity index (χ1n) is 19.1. The monoisotopic (exact) mass is 758 g/mol. The molecule has 2 aliphatic rings. The fraction of sp³-hybridized carbons (Fsp3) is 0.222. The van der Waals surface area contributed by atoms with E-state index in [1.165, 1.54) is 7.11 Å². The van der Waals surface area contributed by atoms with E-state index in [0.717, 1.165) is 70.8 Å². The normalized spacial score (nSPS) is 16.7. The molecule has 0 saturated carbocycles. The number of rotatable bonds is 8. The van der Waals surface area contributed by atoms with Gasteiger partial charge in [0.2, 0.25) is 0 Å². The molecular formula is C45H42N8O4. The van der Waals surface area contributed by atoms with Crippen LogP contribution in [0.4, 0.5) is 15.3 Å². The van der Waals surface area contributed by atoms with Crippen LogP contribution in [0, 0.1) is 11.8 Å². The molecule has 4 aromatic carbocycles. The van der Waals surface area contributed by atoms with Gasteiger partial charge in [0.25, 0.3) is 5.91 Å². The summed E-state index contributed by atoms with van der Waals surface area (Å²) in [6, 6.07) is 33.3. The number of nitrogens with one attached hydrogen (secondary N) is 4. The van der Waals surface area contributed by atoms with E-state index in [9.17, 15) is 14.4 Å². The highest BCUT2D eigenvalue weighted by molar-refractivity contribution is 5.90. The number of aromatic amines is 2. The maximum Gasteiger partial charge on any atom is 0.407 e. The lowest BCUT2D eigenvalue weighted by Crippen LogP contribution is -2.42. The van der Waals surface area contributed by atoms with Crippen LogP contribution < -0.4 is 10.6 Å². The average molecular weight is 759 g/mol. The van der Waals surface area contributed by atoms with Gasteiger partial charge in [0.15, 0.2) is 0 Å². The molecule has 6 aromatic rings. The third-order valence-electron chi connectivity index (χ3n) is 10.5. The van der Waals surface area contributed by atoms with E-state index in [1.54, 1.807) is 11.1 Å². The second kappa shape index (κ2) is 16.7. The van der Waals surface area contributed by atoms with Crippen molar-refractivity contribution < 1.29 is 19.1 Å². The number of H-pyrrole nitrogens is 2. The van der Waals surface area contributed by atoms with E-state index >= 15 is 0 Å². The summed E-state index contributed by atoms with van der Waals surface area (Å²) in [5.41, 5.74) is 6.86. The van der Waals surface area contributed by atoms with Crippen molar-refractivity contribution in [2.45, 2.75) is 43.8 Å². The Labute approximate surface area is 330 Å². The Balaban J connectivity index is 0.894. The van der Waals surface area contributed by atoms with E-state index in [-0.39, 0.29) is 24.0 Å².